The predicted molar refractivity (Wildman–Crippen MR) is 59.2 cm³/mol. The summed E-state index contributed by atoms with van der Waals surface area (Å²) in [6, 6.07) is 6.08. The summed E-state index contributed by atoms with van der Waals surface area (Å²) in [6.07, 6.45) is -0.469. The van der Waals surface area contributed by atoms with Crippen molar-refractivity contribution in [2.24, 2.45) is 0 Å². The van der Waals surface area contributed by atoms with E-state index in [2.05, 4.69) is 5.32 Å². The Morgan fingerprint density at radius 3 is 2.69 bits per heavy atom. The third kappa shape index (κ3) is 3.30. The van der Waals surface area contributed by atoms with E-state index >= 15 is 0 Å². The number of halogens is 1. The topological polar surface area (TPSA) is 56.0 Å². The molecule has 1 rings (SSSR count). The minimum atomic E-state index is -0.469. The van der Waals surface area contributed by atoms with E-state index in [1.807, 2.05) is 13.0 Å². The molecular formula is C12H15FN2O. The first kappa shape index (κ1) is 12.6. The van der Waals surface area contributed by atoms with E-state index in [1.54, 1.807) is 19.1 Å². The second-order valence-electron chi connectivity index (χ2n) is 3.83. The number of rotatable bonds is 4. The third-order valence-electron chi connectivity index (χ3n) is 2.32. The minimum absolute atomic E-state index is 0.192. The van der Waals surface area contributed by atoms with E-state index in [4.69, 9.17) is 10.4 Å². The van der Waals surface area contributed by atoms with E-state index in [9.17, 15) is 4.39 Å². The molecule has 0 aromatic heterocycles. The molecule has 4 heteroatoms. The minimum Gasteiger partial charge on any atom is -0.392 e. The van der Waals surface area contributed by atoms with Crippen LogP contribution in [0.1, 0.15) is 31.0 Å². The van der Waals surface area contributed by atoms with Gasteiger partial charge in [-0.25, -0.2) is 4.39 Å². The molecule has 0 spiro atoms. The molecule has 0 heterocycles. The molecule has 0 aliphatic carbocycles. The summed E-state index contributed by atoms with van der Waals surface area (Å²) in [5.74, 6) is -0.398. The fourth-order valence-electron chi connectivity index (χ4n) is 1.41. The Morgan fingerprint density at radius 1 is 1.50 bits per heavy atom. The molecule has 0 amide bonds. The van der Waals surface area contributed by atoms with Crippen molar-refractivity contribution in [1.82, 2.24) is 5.32 Å². The number of benzene rings is 1. The summed E-state index contributed by atoms with van der Waals surface area (Å²) in [5.41, 5.74) is 0.809. The van der Waals surface area contributed by atoms with E-state index in [0.29, 0.717) is 17.7 Å². The molecule has 0 fully saturated rings. The van der Waals surface area contributed by atoms with Crippen molar-refractivity contribution in [3.63, 3.8) is 0 Å². The van der Waals surface area contributed by atoms with Gasteiger partial charge in [0.15, 0.2) is 0 Å². The van der Waals surface area contributed by atoms with Gasteiger partial charge in [0.2, 0.25) is 0 Å². The van der Waals surface area contributed by atoms with Gasteiger partial charge in [-0.3, -0.25) is 0 Å². The Balaban J connectivity index is 2.76. The lowest BCUT2D eigenvalue weighted by Crippen LogP contribution is -2.27. The molecule has 2 N–H and O–H groups in total. The smallest absolute Gasteiger partial charge is 0.129 e. The average molecular weight is 222 g/mol. The Bertz CT molecular complexity index is 398. The SMILES string of the molecule is CC(NC[C@H](C)O)c1ccc(C#N)cc1F. The third-order valence-corrected chi connectivity index (χ3v) is 2.32. The van der Waals surface area contributed by atoms with Gasteiger partial charge in [-0.2, -0.15) is 5.26 Å². The molecule has 0 saturated heterocycles. The molecule has 2 atom stereocenters. The van der Waals surface area contributed by atoms with E-state index in [-0.39, 0.29) is 6.04 Å². The number of hydrogen-bond donors (Lipinski definition) is 2. The van der Waals surface area contributed by atoms with Crippen LogP contribution in [-0.2, 0) is 0 Å². The molecule has 0 aliphatic rings. The number of nitrogens with one attached hydrogen (secondary N) is 1. The van der Waals surface area contributed by atoms with Crippen LogP contribution in [0.15, 0.2) is 18.2 Å². The van der Waals surface area contributed by atoms with Gasteiger partial charge in [0.25, 0.3) is 0 Å². The second-order valence-corrected chi connectivity index (χ2v) is 3.83. The quantitative estimate of drug-likeness (QED) is 0.815. The van der Waals surface area contributed by atoms with Crippen LogP contribution in [-0.4, -0.2) is 17.8 Å². The highest BCUT2D eigenvalue weighted by molar-refractivity contribution is 5.34. The maximum Gasteiger partial charge on any atom is 0.129 e. The Hall–Kier alpha value is -1.44. The molecule has 1 aromatic rings. The number of nitrogens with zero attached hydrogens (tertiary/aromatic N) is 1. The van der Waals surface area contributed by atoms with Crippen molar-refractivity contribution < 1.29 is 9.50 Å². The fourth-order valence-corrected chi connectivity index (χ4v) is 1.41. The van der Waals surface area contributed by atoms with Gasteiger partial charge in [0.05, 0.1) is 17.7 Å². The van der Waals surface area contributed by atoms with Crippen LogP contribution in [0.5, 0.6) is 0 Å². The lowest BCUT2D eigenvalue weighted by atomic mass is 10.1. The lowest BCUT2D eigenvalue weighted by molar-refractivity contribution is 0.187. The Kier molecular flexibility index (Phi) is 4.41. The van der Waals surface area contributed by atoms with E-state index < -0.39 is 11.9 Å². The van der Waals surface area contributed by atoms with Crippen LogP contribution in [0.2, 0.25) is 0 Å². The van der Waals surface area contributed by atoms with Crippen LogP contribution in [0, 0.1) is 17.1 Å². The molecule has 0 radical (unpaired) electrons. The normalized spacial score (nSPS) is 14.2. The predicted octanol–water partition coefficient (Wildman–Crippen LogP) is 1.73. The van der Waals surface area contributed by atoms with Gasteiger partial charge >= 0.3 is 0 Å². The van der Waals surface area contributed by atoms with Crippen molar-refractivity contribution in [1.29, 1.82) is 5.26 Å². The van der Waals surface area contributed by atoms with Crippen molar-refractivity contribution in [2.45, 2.75) is 26.0 Å². The van der Waals surface area contributed by atoms with Gasteiger partial charge in [-0.05, 0) is 26.0 Å². The monoisotopic (exact) mass is 222 g/mol. The average Bonchev–Trinajstić information content (AvgIpc) is 2.25. The molecule has 1 unspecified atom stereocenters. The van der Waals surface area contributed by atoms with Gasteiger partial charge in [0, 0.05) is 18.2 Å². The maximum atomic E-state index is 13.6. The summed E-state index contributed by atoms with van der Waals surface area (Å²) < 4.78 is 13.6. The number of nitriles is 1. The second kappa shape index (κ2) is 5.59. The van der Waals surface area contributed by atoms with Crippen molar-refractivity contribution in [2.75, 3.05) is 6.54 Å². The Labute approximate surface area is 94.5 Å². The number of aliphatic hydroxyl groups is 1. The molecule has 16 heavy (non-hydrogen) atoms. The largest absolute Gasteiger partial charge is 0.392 e. The summed E-state index contributed by atoms with van der Waals surface area (Å²) in [7, 11) is 0. The standard InChI is InChI=1S/C12H15FN2O/c1-8(16)7-15-9(2)11-4-3-10(6-14)5-12(11)13/h3-5,8-9,15-16H,7H2,1-2H3/t8-,9?/m0/s1. The summed E-state index contributed by atoms with van der Waals surface area (Å²) in [4.78, 5) is 0. The van der Waals surface area contributed by atoms with E-state index in [0.717, 1.165) is 0 Å². The highest BCUT2D eigenvalue weighted by atomic mass is 19.1. The van der Waals surface area contributed by atoms with Gasteiger partial charge in [0.1, 0.15) is 5.82 Å². The van der Waals surface area contributed by atoms with Crippen molar-refractivity contribution >= 4 is 0 Å². The molecule has 0 bridgehead atoms. The first-order valence-corrected chi connectivity index (χ1v) is 5.15. The number of hydrogen-bond acceptors (Lipinski definition) is 3. The molecule has 0 aliphatic heterocycles. The van der Waals surface area contributed by atoms with Crippen LogP contribution in [0.4, 0.5) is 4.39 Å². The van der Waals surface area contributed by atoms with Crippen LogP contribution < -0.4 is 5.32 Å². The van der Waals surface area contributed by atoms with Crippen LogP contribution in [0.25, 0.3) is 0 Å². The number of aliphatic hydroxyl groups excluding tert-OH is 1. The van der Waals surface area contributed by atoms with Gasteiger partial charge in [-0.15, -0.1) is 0 Å². The summed E-state index contributed by atoms with van der Waals surface area (Å²) in [5, 5.41) is 20.7. The molecule has 1 aromatic carbocycles. The molecule has 3 nitrogen and oxygen atoms in total. The zero-order valence-corrected chi connectivity index (χ0v) is 9.37. The summed E-state index contributed by atoms with van der Waals surface area (Å²) >= 11 is 0. The zero-order chi connectivity index (χ0) is 12.1. The molecule has 0 saturated carbocycles. The maximum absolute atomic E-state index is 13.6. The van der Waals surface area contributed by atoms with Crippen molar-refractivity contribution in [3.05, 3.63) is 35.1 Å². The first-order valence-electron chi connectivity index (χ1n) is 5.15. The Morgan fingerprint density at radius 2 is 2.19 bits per heavy atom. The molecular weight excluding hydrogens is 207 g/mol. The van der Waals surface area contributed by atoms with Gasteiger partial charge < -0.3 is 10.4 Å². The highest BCUT2D eigenvalue weighted by Crippen LogP contribution is 2.17. The van der Waals surface area contributed by atoms with Crippen LogP contribution >= 0.6 is 0 Å². The van der Waals surface area contributed by atoms with E-state index in [1.165, 1.54) is 6.07 Å². The fraction of sp³-hybridized carbons (Fsp3) is 0.417. The van der Waals surface area contributed by atoms with Crippen molar-refractivity contribution in [3.8, 4) is 6.07 Å². The van der Waals surface area contributed by atoms with Gasteiger partial charge in [-0.1, -0.05) is 6.07 Å². The molecule has 86 valence electrons. The lowest BCUT2D eigenvalue weighted by Gasteiger charge is -2.16. The highest BCUT2D eigenvalue weighted by Gasteiger charge is 2.11. The first-order chi connectivity index (χ1) is 7.54. The van der Waals surface area contributed by atoms with Crippen LogP contribution in [0.3, 0.4) is 0 Å². The summed E-state index contributed by atoms with van der Waals surface area (Å²) in [6.45, 7) is 3.88. The zero-order valence-electron chi connectivity index (χ0n) is 9.37.